The minimum Gasteiger partial charge on any atom is -0.351 e. The summed E-state index contributed by atoms with van der Waals surface area (Å²) >= 11 is 0. The summed E-state index contributed by atoms with van der Waals surface area (Å²) in [7, 11) is 0. The molecule has 0 heterocycles. The molecule has 1 N–H and O–H groups in total. The van der Waals surface area contributed by atoms with Crippen LogP contribution in [-0.2, 0) is 9.47 Å². The maximum atomic E-state index is 13.4. The van der Waals surface area contributed by atoms with E-state index >= 15 is 0 Å². The molecule has 0 aliphatic rings. The van der Waals surface area contributed by atoms with Crippen LogP contribution < -0.4 is 5.32 Å². The Morgan fingerprint density at radius 1 is 1.16 bits per heavy atom. The van der Waals surface area contributed by atoms with E-state index in [2.05, 4.69) is 5.32 Å². The number of aryl methyl sites for hydroxylation is 1. The second-order valence-electron chi connectivity index (χ2n) is 4.32. The molecule has 19 heavy (non-hydrogen) atoms. The first-order valence-electron chi connectivity index (χ1n) is 6.86. The molecule has 1 atom stereocenters. The number of hydrogen-bond donors (Lipinski definition) is 1. The zero-order valence-electron chi connectivity index (χ0n) is 12.2. The minimum atomic E-state index is -0.361. The first-order chi connectivity index (χ1) is 9.13. The standard InChI is InChI=1S/C15H24FNO2/c1-5-17-14(15(18-6-2)19-7-3)12-8-9-13(16)11(4)10-12/h8-10,14-15,17H,5-7H2,1-4H3. The zero-order valence-corrected chi connectivity index (χ0v) is 12.2. The first kappa shape index (κ1) is 16.1. The van der Waals surface area contributed by atoms with Crippen molar-refractivity contribution in [2.45, 2.75) is 40.0 Å². The van der Waals surface area contributed by atoms with Gasteiger partial charge in [0.2, 0.25) is 0 Å². The van der Waals surface area contributed by atoms with E-state index < -0.39 is 0 Å². The van der Waals surface area contributed by atoms with E-state index in [0.717, 1.165) is 12.1 Å². The summed E-state index contributed by atoms with van der Waals surface area (Å²) in [6, 6.07) is 5.02. The van der Waals surface area contributed by atoms with Gasteiger partial charge in [-0.25, -0.2) is 4.39 Å². The first-order valence-corrected chi connectivity index (χ1v) is 6.86. The summed E-state index contributed by atoms with van der Waals surface area (Å²) in [5, 5.41) is 3.34. The maximum absolute atomic E-state index is 13.4. The fraction of sp³-hybridized carbons (Fsp3) is 0.600. The van der Waals surface area contributed by atoms with Crippen LogP contribution in [0.4, 0.5) is 4.39 Å². The van der Waals surface area contributed by atoms with Crippen molar-refractivity contribution in [1.29, 1.82) is 0 Å². The van der Waals surface area contributed by atoms with E-state index in [9.17, 15) is 4.39 Å². The van der Waals surface area contributed by atoms with Crippen molar-refractivity contribution in [3.63, 3.8) is 0 Å². The van der Waals surface area contributed by atoms with Crippen LogP contribution in [0.1, 0.15) is 37.9 Å². The molecule has 108 valence electrons. The topological polar surface area (TPSA) is 30.5 Å². The molecule has 0 radical (unpaired) electrons. The summed E-state index contributed by atoms with van der Waals surface area (Å²) in [4.78, 5) is 0. The van der Waals surface area contributed by atoms with Gasteiger partial charge in [-0.2, -0.15) is 0 Å². The Balaban J connectivity index is 2.98. The van der Waals surface area contributed by atoms with Gasteiger partial charge in [0.1, 0.15) is 5.82 Å². The van der Waals surface area contributed by atoms with Crippen LogP contribution in [0.3, 0.4) is 0 Å². The minimum absolute atomic E-state index is 0.0933. The average Bonchev–Trinajstić information content (AvgIpc) is 2.39. The summed E-state index contributed by atoms with van der Waals surface area (Å²) in [6.07, 6.45) is -0.361. The third-order valence-corrected chi connectivity index (χ3v) is 2.90. The van der Waals surface area contributed by atoms with Crippen LogP contribution >= 0.6 is 0 Å². The second kappa shape index (κ2) is 8.25. The van der Waals surface area contributed by atoms with Crippen LogP contribution in [-0.4, -0.2) is 26.0 Å². The van der Waals surface area contributed by atoms with Crippen molar-refractivity contribution in [3.8, 4) is 0 Å². The highest BCUT2D eigenvalue weighted by Crippen LogP contribution is 2.22. The molecule has 0 spiro atoms. The molecule has 0 aromatic heterocycles. The molecule has 0 bridgehead atoms. The highest BCUT2D eigenvalue weighted by atomic mass is 19.1. The zero-order chi connectivity index (χ0) is 14.3. The molecule has 3 nitrogen and oxygen atoms in total. The maximum Gasteiger partial charge on any atom is 0.176 e. The summed E-state index contributed by atoms with van der Waals surface area (Å²) < 4.78 is 24.6. The monoisotopic (exact) mass is 269 g/mol. The molecule has 0 saturated heterocycles. The van der Waals surface area contributed by atoms with E-state index in [1.807, 2.05) is 26.8 Å². The summed E-state index contributed by atoms with van der Waals surface area (Å²) in [6.45, 7) is 9.60. The van der Waals surface area contributed by atoms with Crippen molar-refractivity contribution in [2.24, 2.45) is 0 Å². The second-order valence-corrected chi connectivity index (χ2v) is 4.32. The summed E-state index contributed by atoms with van der Waals surface area (Å²) in [5.41, 5.74) is 1.61. The molecule has 4 heteroatoms. The molecule has 1 aromatic carbocycles. The molecule has 0 fully saturated rings. The van der Waals surface area contributed by atoms with Crippen molar-refractivity contribution >= 4 is 0 Å². The number of hydrogen-bond acceptors (Lipinski definition) is 3. The highest BCUT2D eigenvalue weighted by Gasteiger charge is 2.23. The van der Waals surface area contributed by atoms with Crippen LogP contribution in [0.2, 0.25) is 0 Å². The molecule has 1 rings (SSSR count). The van der Waals surface area contributed by atoms with E-state index in [1.165, 1.54) is 6.07 Å². The van der Waals surface area contributed by atoms with Gasteiger partial charge in [0, 0.05) is 13.2 Å². The van der Waals surface area contributed by atoms with Crippen molar-refractivity contribution in [2.75, 3.05) is 19.8 Å². The number of benzene rings is 1. The fourth-order valence-electron chi connectivity index (χ4n) is 2.02. The molecule has 0 saturated carbocycles. The number of nitrogens with one attached hydrogen (secondary N) is 1. The van der Waals surface area contributed by atoms with Gasteiger partial charge in [0.05, 0.1) is 6.04 Å². The third kappa shape index (κ3) is 4.56. The lowest BCUT2D eigenvalue weighted by Crippen LogP contribution is -2.36. The number of likely N-dealkylation sites (N-methyl/N-ethyl adjacent to an activating group) is 1. The number of rotatable bonds is 8. The van der Waals surface area contributed by atoms with E-state index in [1.54, 1.807) is 13.0 Å². The van der Waals surface area contributed by atoms with Gasteiger partial charge < -0.3 is 14.8 Å². The van der Waals surface area contributed by atoms with Crippen molar-refractivity contribution in [3.05, 3.63) is 35.1 Å². The Morgan fingerprint density at radius 3 is 2.26 bits per heavy atom. The summed E-state index contributed by atoms with van der Waals surface area (Å²) in [5.74, 6) is -0.191. The fourth-order valence-corrected chi connectivity index (χ4v) is 2.02. The Kier molecular flexibility index (Phi) is 6.99. The van der Waals surface area contributed by atoms with Crippen LogP contribution in [0.5, 0.6) is 0 Å². The molecular formula is C15H24FNO2. The molecule has 0 aliphatic carbocycles. The van der Waals surface area contributed by atoms with Crippen LogP contribution in [0.25, 0.3) is 0 Å². The van der Waals surface area contributed by atoms with Gasteiger partial charge in [-0.3, -0.25) is 0 Å². The van der Waals surface area contributed by atoms with E-state index in [0.29, 0.717) is 18.8 Å². The molecule has 0 amide bonds. The highest BCUT2D eigenvalue weighted by molar-refractivity contribution is 5.27. The van der Waals surface area contributed by atoms with Crippen molar-refractivity contribution < 1.29 is 13.9 Å². The lowest BCUT2D eigenvalue weighted by Gasteiger charge is -2.28. The lowest BCUT2D eigenvalue weighted by atomic mass is 10.0. The molecule has 1 aromatic rings. The van der Waals surface area contributed by atoms with Gasteiger partial charge in [-0.15, -0.1) is 0 Å². The normalized spacial score (nSPS) is 12.9. The van der Waals surface area contributed by atoms with E-state index in [4.69, 9.17) is 9.47 Å². The SMILES string of the molecule is CCNC(c1ccc(F)c(C)c1)C(OCC)OCC. The Bertz CT molecular complexity index is 378. The van der Waals surface area contributed by atoms with Gasteiger partial charge in [-0.1, -0.05) is 19.1 Å². The smallest absolute Gasteiger partial charge is 0.176 e. The van der Waals surface area contributed by atoms with Crippen molar-refractivity contribution in [1.82, 2.24) is 5.32 Å². The van der Waals surface area contributed by atoms with Crippen LogP contribution in [0.15, 0.2) is 18.2 Å². The van der Waals surface area contributed by atoms with Gasteiger partial charge in [0.15, 0.2) is 6.29 Å². The third-order valence-electron chi connectivity index (χ3n) is 2.90. The average molecular weight is 269 g/mol. The molecule has 0 aliphatic heterocycles. The predicted molar refractivity (Wildman–Crippen MR) is 74.6 cm³/mol. The Hall–Kier alpha value is -0.970. The quantitative estimate of drug-likeness (QED) is 0.735. The van der Waals surface area contributed by atoms with Gasteiger partial charge >= 0.3 is 0 Å². The van der Waals surface area contributed by atoms with Gasteiger partial charge in [0.25, 0.3) is 0 Å². The largest absolute Gasteiger partial charge is 0.351 e. The molecular weight excluding hydrogens is 245 g/mol. The number of halogens is 1. The Morgan fingerprint density at radius 2 is 1.79 bits per heavy atom. The molecule has 1 unspecified atom stereocenters. The number of ether oxygens (including phenoxy) is 2. The predicted octanol–water partition coefficient (Wildman–Crippen LogP) is 3.18. The van der Waals surface area contributed by atoms with Crippen LogP contribution in [0, 0.1) is 12.7 Å². The lowest BCUT2D eigenvalue weighted by molar-refractivity contribution is -0.155. The van der Waals surface area contributed by atoms with Gasteiger partial charge in [-0.05, 0) is 44.5 Å². The van der Waals surface area contributed by atoms with E-state index in [-0.39, 0.29) is 18.1 Å². The Labute approximate surface area is 115 Å².